The summed E-state index contributed by atoms with van der Waals surface area (Å²) in [4.78, 5) is 25.4. The van der Waals surface area contributed by atoms with Crippen molar-refractivity contribution in [3.8, 4) is 0 Å². The van der Waals surface area contributed by atoms with Gasteiger partial charge in [0.05, 0.1) is 0 Å². The van der Waals surface area contributed by atoms with E-state index in [4.69, 9.17) is 27.9 Å². The van der Waals surface area contributed by atoms with Gasteiger partial charge >= 0.3 is 6.09 Å². The molecular formula is C16H23Cl2NO3. The van der Waals surface area contributed by atoms with E-state index in [2.05, 4.69) is 0 Å². The number of hydrogen-bond acceptors (Lipinski definition) is 3. The van der Waals surface area contributed by atoms with Gasteiger partial charge in [0.2, 0.25) is 0 Å². The van der Waals surface area contributed by atoms with Crippen LogP contribution < -0.4 is 0 Å². The maximum absolute atomic E-state index is 12.1. The van der Waals surface area contributed by atoms with Gasteiger partial charge in [0.1, 0.15) is 5.60 Å². The molecule has 0 aromatic heterocycles. The fraction of sp³-hybridized carbons (Fsp3) is 0.875. The number of alkyl halides is 2. The zero-order valence-corrected chi connectivity index (χ0v) is 14.9. The number of ketones is 1. The molecule has 1 heterocycles. The van der Waals surface area contributed by atoms with Gasteiger partial charge in [0, 0.05) is 24.9 Å². The Kier molecular flexibility index (Phi) is 3.55. The minimum atomic E-state index is -1.18. The lowest BCUT2D eigenvalue weighted by atomic mass is 9.42. The smallest absolute Gasteiger partial charge is 0.410 e. The van der Waals surface area contributed by atoms with Crippen molar-refractivity contribution in [1.29, 1.82) is 0 Å². The molecule has 22 heavy (non-hydrogen) atoms. The summed E-state index contributed by atoms with van der Waals surface area (Å²) < 4.78 is 4.24. The molecule has 2 saturated carbocycles. The van der Waals surface area contributed by atoms with Crippen molar-refractivity contribution < 1.29 is 14.3 Å². The van der Waals surface area contributed by atoms with Crippen molar-refractivity contribution >= 4 is 35.1 Å². The molecule has 1 saturated heterocycles. The number of Topliss-reactive ketones (excluding diaryl/α,β-unsaturated/α-hetero) is 1. The molecule has 3 fully saturated rings. The molecule has 3 rings (SSSR count). The predicted molar refractivity (Wildman–Crippen MR) is 85.2 cm³/mol. The predicted octanol–water partition coefficient (Wildman–Crippen LogP) is 3.93. The lowest BCUT2D eigenvalue weighted by Gasteiger charge is -2.66. The van der Waals surface area contributed by atoms with Crippen LogP contribution >= 0.6 is 23.2 Å². The summed E-state index contributed by atoms with van der Waals surface area (Å²) in [6, 6.07) is 0. The number of hydrogen-bond donors (Lipinski definition) is 0. The molecule has 6 heteroatoms. The van der Waals surface area contributed by atoms with Gasteiger partial charge in [0.25, 0.3) is 0 Å². The van der Waals surface area contributed by atoms with Crippen molar-refractivity contribution in [2.45, 2.75) is 62.8 Å². The summed E-state index contributed by atoms with van der Waals surface area (Å²) >= 11 is 12.4. The topological polar surface area (TPSA) is 46.6 Å². The van der Waals surface area contributed by atoms with E-state index in [-0.39, 0.29) is 22.7 Å². The summed E-state index contributed by atoms with van der Waals surface area (Å²) in [6.07, 6.45) is 3.96. The Bertz CT molecular complexity index is 508. The first-order valence-corrected chi connectivity index (χ1v) is 8.63. The Morgan fingerprint density at radius 2 is 1.73 bits per heavy atom. The molecule has 1 aliphatic heterocycles. The van der Waals surface area contributed by atoms with E-state index in [1.165, 1.54) is 0 Å². The van der Waals surface area contributed by atoms with Crippen LogP contribution in [-0.4, -0.2) is 39.8 Å². The molecule has 2 spiro atoms. The van der Waals surface area contributed by atoms with Crippen molar-refractivity contribution in [3.63, 3.8) is 0 Å². The number of ether oxygens (including phenoxy) is 1. The Labute approximate surface area is 141 Å². The molecule has 0 unspecified atom stereocenters. The fourth-order valence-corrected chi connectivity index (χ4v) is 4.83. The van der Waals surface area contributed by atoms with Crippen LogP contribution in [0.1, 0.15) is 52.9 Å². The van der Waals surface area contributed by atoms with E-state index >= 15 is 0 Å². The van der Waals surface area contributed by atoms with E-state index in [1.54, 1.807) is 4.90 Å². The lowest BCUT2D eigenvalue weighted by Crippen LogP contribution is -2.68. The average molecular weight is 348 g/mol. The maximum atomic E-state index is 12.1. The number of rotatable bonds is 0. The normalized spacial score (nSPS) is 28.2. The minimum absolute atomic E-state index is 0.0446. The quantitative estimate of drug-likeness (QED) is 0.623. The summed E-state index contributed by atoms with van der Waals surface area (Å²) in [5.41, 5.74) is -0.467. The third-order valence-corrected chi connectivity index (χ3v) is 6.64. The van der Waals surface area contributed by atoms with E-state index in [9.17, 15) is 9.59 Å². The van der Waals surface area contributed by atoms with Crippen LogP contribution in [0.2, 0.25) is 0 Å². The third kappa shape index (κ3) is 2.43. The van der Waals surface area contributed by atoms with E-state index in [0.717, 1.165) is 25.7 Å². The van der Waals surface area contributed by atoms with Gasteiger partial charge in [-0.05, 0) is 51.9 Å². The number of piperidine rings is 1. The second kappa shape index (κ2) is 4.76. The maximum Gasteiger partial charge on any atom is 0.410 e. The molecule has 4 nitrogen and oxygen atoms in total. The van der Waals surface area contributed by atoms with E-state index in [0.29, 0.717) is 19.5 Å². The molecule has 0 aromatic rings. The highest BCUT2D eigenvalue weighted by atomic mass is 35.5. The first kappa shape index (κ1) is 16.4. The van der Waals surface area contributed by atoms with Crippen LogP contribution in [0.3, 0.4) is 0 Å². The van der Waals surface area contributed by atoms with Crippen LogP contribution in [0.25, 0.3) is 0 Å². The van der Waals surface area contributed by atoms with Gasteiger partial charge in [-0.2, -0.15) is 0 Å². The van der Waals surface area contributed by atoms with Crippen LogP contribution in [0.15, 0.2) is 0 Å². The molecule has 124 valence electrons. The number of amides is 1. The molecule has 0 bridgehead atoms. The van der Waals surface area contributed by atoms with Crippen molar-refractivity contribution in [1.82, 2.24) is 4.90 Å². The SMILES string of the molecule is CC(C)(C)OC(=O)N1CCC2(CC1)CC1(CC(=O)C1(Cl)Cl)C2. The average Bonchev–Trinajstić information content (AvgIpc) is 2.35. The van der Waals surface area contributed by atoms with Crippen LogP contribution in [-0.2, 0) is 9.53 Å². The Morgan fingerprint density at radius 1 is 1.18 bits per heavy atom. The highest BCUT2D eigenvalue weighted by Crippen LogP contribution is 2.73. The monoisotopic (exact) mass is 347 g/mol. The number of carbonyl (C=O) groups is 2. The minimum Gasteiger partial charge on any atom is -0.444 e. The largest absolute Gasteiger partial charge is 0.444 e. The van der Waals surface area contributed by atoms with Crippen LogP contribution in [0, 0.1) is 10.8 Å². The lowest BCUT2D eigenvalue weighted by molar-refractivity contribution is -0.161. The molecule has 0 aromatic carbocycles. The van der Waals surface area contributed by atoms with Gasteiger partial charge in [-0.3, -0.25) is 4.79 Å². The van der Waals surface area contributed by atoms with E-state index < -0.39 is 9.93 Å². The summed E-state index contributed by atoms with van der Waals surface area (Å²) in [5.74, 6) is -0.0446. The highest BCUT2D eigenvalue weighted by Gasteiger charge is 2.72. The first-order chi connectivity index (χ1) is 9.99. The Morgan fingerprint density at radius 3 is 2.14 bits per heavy atom. The van der Waals surface area contributed by atoms with Crippen LogP contribution in [0.4, 0.5) is 4.79 Å². The Hall–Kier alpha value is -0.480. The number of likely N-dealkylation sites (tertiary alicyclic amines) is 1. The highest BCUT2D eigenvalue weighted by molar-refractivity contribution is 6.61. The van der Waals surface area contributed by atoms with Crippen molar-refractivity contribution in [3.05, 3.63) is 0 Å². The van der Waals surface area contributed by atoms with Crippen molar-refractivity contribution in [2.24, 2.45) is 10.8 Å². The molecular weight excluding hydrogens is 325 g/mol. The standard InChI is InChI=1S/C16H23Cl2NO3/c1-13(2,3)22-12(21)19-6-4-14(5-7-19)9-15(10-14)8-11(20)16(15,17)18/h4-10H2,1-3H3. The summed E-state index contributed by atoms with van der Waals surface area (Å²) in [6.45, 7) is 7.04. The molecule has 0 atom stereocenters. The number of halogens is 2. The third-order valence-electron chi connectivity index (χ3n) is 5.42. The number of nitrogens with zero attached hydrogens (tertiary/aromatic N) is 1. The second-order valence-electron chi connectivity index (χ2n) is 8.28. The first-order valence-electron chi connectivity index (χ1n) is 7.88. The molecule has 0 N–H and O–H groups in total. The summed E-state index contributed by atoms with van der Waals surface area (Å²) in [7, 11) is 0. The second-order valence-corrected chi connectivity index (χ2v) is 9.60. The van der Waals surface area contributed by atoms with Gasteiger partial charge in [0.15, 0.2) is 10.1 Å². The van der Waals surface area contributed by atoms with Gasteiger partial charge < -0.3 is 9.64 Å². The molecule has 3 aliphatic rings. The van der Waals surface area contributed by atoms with Crippen molar-refractivity contribution in [2.75, 3.05) is 13.1 Å². The zero-order chi connectivity index (χ0) is 16.4. The molecule has 1 amide bonds. The van der Waals surface area contributed by atoms with Gasteiger partial charge in [-0.25, -0.2) is 4.79 Å². The zero-order valence-electron chi connectivity index (χ0n) is 13.4. The Balaban J connectivity index is 1.54. The fourth-order valence-electron chi connectivity index (χ4n) is 4.29. The van der Waals surface area contributed by atoms with Gasteiger partial charge in [-0.1, -0.05) is 23.2 Å². The van der Waals surface area contributed by atoms with Crippen LogP contribution in [0.5, 0.6) is 0 Å². The molecule has 2 aliphatic carbocycles. The molecule has 0 radical (unpaired) electrons. The van der Waals surface area contributed by atoms with E-state index in [1.807, 2.05) is 20.8 Å². The summed E-state index contributed by atoms with van der Waals surface area (Å²) in [5, 5.41) is 0. The number of carbonyl (C=O) groups excluding carboxylic acids is 2. The van der Waals surface area contributed by atoms with Gasteiger partial charge in [-0.15, -0.1) is 0 Å².